The first kappa shape index (κ1) is 13.8. The van der Waals surface area contributed by atoms with E-state index in [4.69, 9.17) is 16.3 Å². The van der Waals surface area contributed by atoms with E-state index < -0.39 is 6.10 Å². The molecule has 0 spiro atoms. The van der Waals surface area contributed by atoms with Crippen molar-refractivity contribution in [2.24, 2.45) is 0 Å². The van der Waals surface area contributed by atoms with Crippen LogP contribution in [-0.4, -0.2) is 41.8 Å². The lowest BCUT2D eigenvalue weighted by atomic mass is 10.1. The Hall–Kier alpha value is -0.610. The van der Waals surface area contributed by atoms with E-state index in [9.17, 15) is 5.11 Å². The third-order valence-electron chi connectivity index (χ3n) is 3.19. The molecule has 1 aliphatic rings. The van der Waals surface area contributed by atoms with Crippen LogP contribution in [0.4, 0.5) is 0 Å². The van der Waals surface area contributed by atoms with Gasteiger partial charge in [-0.05, 0) is 19.9 Å². The second kappa shape index (κ2) is 6.02. The molecule has 1 N–H and O–H groups in total. The molecule has 0 aliphatic carbocycles. The number of nitrogens with zero attached hydrogens (tertiary/aromatic N) is 1. The van der Waals surface area contributed by atoms with Gasteiger partial charge in [-0.1, -0.05) is 29.8 Å². The third kappa shape index (κ3) is 3.45. The van der Waals surface area contributed by atoms with Crippen LogP contribution in [0.1, 0.15) is 25.5 Å². The minimum absolute atomic E-state index is 0.215. The van der Waals surface area contributed by atoms with Crippen LogP contribution in [0.5, 0.6) is 0 Å². The fourth-order valence-electron chi connectivity index (χ4n) is 2.52. The number of hydrogen-bond donors (Lipinski definition) is 1. The summed E-state index contributed by atoms with van der Waals surface area (Å²) in [5, 5.41) is 10.9. The molecule has 1 fully saturated rings. The highest BCUT2D eigenvalue weighted by Crippen LogP contribution is 2.24. The summed E-state index contributed by atoms with van der Waals surface area (Å²) >= 11 is 6.09. The molecule has 18 heavy (non-hydrogen) atoms. The number of benzene rings is 1. The number of aliphatic hydroxyl groups excluding tert-OH is 1. The Labute approximate surface area is 113 Å². The summed E-state index contributed by atoms with van der Waals surface area (Å²) in [5.41, 5.74) is 0.797. The molecule has 0 saturated carbocycles. The quantitative estimate of drug-likeness (QED) is 0.915. The van der Waals surface area contributed by atoms with Crippen molar-refractivity contribution in [1.82, 2.24) is 4.90 Å². The summed E-state index contributed by atoms with van der Waals surface area (Å²) in [7, 11) is 0. The minimum atomic E-state index is -0.545. The van der Waals surface area contributed by atoms with Crippen LogP contribution in [0.2, 0.25) is 5.02 Å². The summed E-state index contributed by atoms with van der Waals surface area (Å²) in [4.78, 5) is 2.23. The van der Waals surface area contributed by atoms with E-state index in [1.807, 2.05) is 24.3 Å². The van der Waals surface area contributed by atoms with Gasteiger partial charge in [0.05, 0.1) is 18.3 Å². The summed E-state index contributed by atoms with van der Waals surface area (Å²) in [6, 6.07) is 7.46. The Bertz CT molecular complexity index is 389. The number of morpholine rings is 1. The van der Waals surface area contributed by atoms with Gasteiger partial charge in [0.15, 0.2) is 0 Å². The van der Waals surface area contributed by atoms with Crippen LogP contribution in [-0.2, 0) is 4.74 Å². The van der Waals surface area contributed by atoms with Crippen LogP contribution in [0.25, 0.3) is 0 Å². The van der Waals surface area contributed by atoms with Gasteiger partial charge in [0.2, 0.25) is 0 Å². The maximum atomic E-state index is 10.3. The summed E-state index contributed by atoms with van der Waals surface area (Å²) in [5.74, 6) is 0. The van der Waals surface area contributed by atoms with E-state index >= 15 is 0 Å². The molecule has 3 nitrogen and oxygen atoms in total. The predicted octanol–water partition coefficient (Wildman–Crippen LogP) is 2.48. The molecule has 1 aromatic rings. The Balaban J connectivity index is 1.99. The van der Waals surface area contributed by atoms with Crippen molar-refractivity contribution in [2.45, 2.75) is 32.2 Å². The topological polar surface area (TPSA) is 32.7 Å². The average molecular weight is 270 g/mol. The molecular formula is C14H20ClNO2. The molecular weight excluding hydrogens is 250 g/mol. The highest BCUT2D eigenvalue weighted by atomic mass is 35.5. The molecule has 3 atom stereocenters. The van der Waals surface area contributed by atoms with Crippen molar-refractivity contribution in [3.63, 3.8) is 0 Å². The molecule has 0 unspecified atom stereocenters. The maximum Gasteiger partial charge on any atom is 0.0931 e. The molecule has 0 bridgehead atoms. The van der Waals surface area contributed by atoms with E-state index in [0.717, 1.165) is 18.7 Å². The van der Waals surface area contributed by atoms with Crippen LogP contribution >= 0.6 is 11.6 Å². The standard InChI is InChI=1S/C14H20ClNO2/c1-10-7-16(8-11(2)18-10)9-14(17)12-5-3-4-6-13(12)15/h3-6,10-11,14,17H,7-9H2,1-2H3/t10-,11-,14-/m1/s1. The van der Waals surface area contributed by atoms with E-state index in [1.54, 1.807) is 0 Å². The van der Waals surface area contributed by atoms with Crippen molar-refractivity contribution in [3.8, 4) is 0 Å². The lowest BCUT2D eigenvalue weighted by Crippen LogP contribution is -2.46. The number of halogens is 1. The monoisotopic (exact) mass is 269 g/mol. The Kier molecular flexibility index (Phi) is 4.62. The van der Waals surface area contributed by atoms with Gasteiger partial charge in [-0.25, -0.2) is 0 Å². The highest BCUT2D eigenvalue weighted by Gasteiger charge is 2.24. The molecule has 0 aromatic heterocycles. The smallest absolute Gasteiger partial charge is 0.0931 e. The van der Waals surface area contributed by atoms with E-state index in [2.05, 4.69) is 18.7 Å². The SMILES string of the molecule is C[C@@H]1CN(C[C@@H](O)c2ccccc2Cl)C[C@@H](C)O1. The molecule has 1 saturated heterocycles. The van der Waals surface area contributed by atoms with Crippen molar-refractivity contribution >= 4 is 11.6 Å². The van der Waals surface area contributed by atoms with Crippen LogP contribution in [0.15, 0.2) is 24.3 Å². The van der Waals surface area contributed by atoms with Gasteiger partial charge in [0.1, 0.15) is 0 Å². The number of rotatable bonds is 3. The zero-order valence-electron chi connectivity index (χ0n) is 10.8. The molecule has 1 aliphatic heterocycles. The summed E-state index contributed by atoms with van der Waals surface area (Å²) in [6.07, 6.45) is -0.115. The van der Waals surface area contributed by atoms with E-state index in [0.29, 0.717) is 11.6 Å². The molecule has 2 rings (SSSR count). The van der Waals surface area contributed by atoms with Crippen molar-refractivity contribution in [3.05, 3.63) is 34.9 Å². The van der Waals surface area contributed by atoms with Gasteiger partial charge < -0.3 is 9.84 Å². The number of aliphatic hydroxyl groups is 1. The third-order valence-corrected chi connectivity index (χ3v) is 3.53. The molecule has 0 amide bonds. The Morgan fingerprint density at radius 2 is 1.94 bits per heavy atom. The Morgan fingerprint density at radius 1 is 1.33 bits per heavy atom. The first-order valence-electron chi connectivity index (χ1n) is 6.36. The van der Waals surface area contributed by atoms with Crippen LogP contribution in [0.3, 0.4) is 0 Å². The lowest BCUT2D eigenvalue weighted by Gasteiger charge is -2.36. The number of hydrogen-bond acceptors (Lipinski definition) is 3. The second-order valence-electron chi connectivity index (χ2n) is 5.01. The van der Waals surface area contributed by atoms with Gasteiger partial charge in [-0.2, -0.15) is 0 Å². The van der Waals surface area contributed by atoms with Gasteiger partial charge in [-0.3, -0.25) is 4.90 Å². The van der Waals surface area contributed by atoms with Gasteiger partial charge >= 0.3 is 0 Å². The van der Waals surface area contributed by atoms with Crippen LogP contribution < -0.4 is 0 Å². The van der Waals surface area contributed by atoms with Crippen molar-refractivity contribution < 1.29 is 9.84 Å². The second-order valence-corrected chi connectivity index (χ2v) is 5.42. The van der Waals surface area contributed by atoms with E-state index in [1.165, 1.54) is 0 Å². The molecule has 100 valence electrons. The molecule has 1 aromatic carbocycles. The molecule has 0 radical (unpaired) electrons. The first-order chi connectivity index (χ1) is 8.56. The normalized spacial score (nSPS) is 27.1. The number of ether oxygens (including phenoxy) is 1. The Morgan fingerprint density at radius 3 is 2.56 bits per heavy atom. The maximum absolute atomic E-state index is 10.3. The van der Waals surface area contributed by atoms with Gasteiger partial charge in [-0.15, -0.1) is 0 Å². The summed E-state index contributed by atoms with van der Waals surface area (Å²) in [6.45, 7) is 6.43. The first-order valence-corrected chi connectivity index (χ1v) is 6.74. The lowest BCUT2D eigenvalue weighted by molar-refractivity contribution is -0.0767. The zero-order chi connectivity index (χ0) is 13.1. The summed E-state index contributed by atoms with van der Waals surface area (Å²) < 4.78 is 5.68. The largest absolute Gasteiger partial charge is 0.387 e. The minimum Gasteiger partial charge on any atom is -0.387 e. The molecule has 4 heteroatoms. The predicted molar refractivity (Wildman–Crippen MR) is 72.9 cm³/mol. The highest BCUT2D eigenvalue weighted by molar-refractivity contribution is 6.31. The average Bonchev–Trinajstić information content (AvgIpc) is 2.27. The zero-order valence-corrected chi connectivity index (χ0v) is 11.6. The van der Waals surface area contributed by atoms with Gasteiger partial charge in [0.25, 0.3) is 0 Å². The van der Waals surface area contributed by atoms with E-state index in [-0.39, 0.29) is 12.2 Å². The fourth-order valence-corrected chi connectivity index (χ4v) is 2.78. The van der Waals surface area contributed by atoms with Crippen LogP contribution in [0, 0.1) is 0 Å². The molecule has 1 heterocycles. The number of β-amino-alcohol motifs (C(OH)–C–C–N with tert-alkyl or cyclic N) is 1. The van der Waals surface area contributed by atoms with Crippen molar-refractivity contribution in [1.29, 1.82) is 0 Å². The van der Waals surface area contributed by atoms with Crippen molar-refractivity contribution in [2.75, 3.05) is 19.6 Å². The fraction of sp³-hybridized carbons (Fsp3) is 0.571. The van der Waals surface area contributed by atoms with Gasteiger partial charge in [0, 0.05) is 30.2 Å².